The molecule has 0 atom stereocenters. The van der Waals surface area contributed by atoms with Gasteiger partial charge in [-0.3, -0.25) is 0 Å². The van der Waals surface area contributed by atoms with Crippen LogP contribution in [0, 0.1) is 0 Å². The summed E-state index contributed by atoms with van der Waals surface area (Å²) in [7, 11) is 0. The van der Waals surface area contributed by atoms with Crippen LogP contribution in [0.3, 0.4) is 0 Å². The maximum atomic E-state index is 2.41. The van der Waals surface area contributed by atoms with E-state index in [-0.39, 0.29) is 0 Å². The Kier molecular flexibility index (Phi) is 5.91. The van der Waals surface area contributed by atoms with E-state index in [0.29, 0.717) is 0 Å². The number of para-hydroxylation sites is 3. The number of fused-ring (bicyclic) bond motifs is 7. The van der Waals surface area contributed by atoms with Crippen molar-refractivity contribution in [2.45, 2.75) is 0 Å². The molecule has 0 N–H and O–H groups in total. The van der Waals surface area contributed by atoms with E-state index < -0.39 is 0 Å². The highest BCUT2D eigenvalue weighted by Crippen LogP contribution is 2.37. The Hall–Kier alpha value is -6.38. The molecule has 2 nitrogen and oxygen atoms in total. The van der Waals surface area contributed by atoms with Crippen LogP contribution in [-0.4, -0.2) is 9.13 Å². The van der Waals surface area contributed by atoms with Crippen LogP contribution in [0.1, 0.15) is 0 Å². The fourth-order valence-electron chi connectivity index (χ4n) is 7.60. The van der Waals surface area contributed by atoms with Crippen molar-refractivity contribution in [3.63, 3.8) is 0 Å². The van der Waals surface area contributed by atoms with Crippen LogP contribution in [0.4, 0.5) is 0 Å². The van der Waals surface area contributed by atoms with Gasteiger partial charge in [0.2, 0.25) is 0 Å². The summed E-state index contributed by atoms with van der Waals surface area (Å²) in [5, 5.41) is 7.57. The molecule has 0 radical (unpaired) electrons. The van der Waals surface area contributed by atoms with Gasteiger partial charge in [0.25, 0.3) is 0 Å². The number of aromatic nitrogens is 2. The van der Waals surface area contributed by atoms with Crippen LogP contribution in [-0.2, 0) is 0 Å². The van der Waals surface area contributed by atoms with Gasteiger partial charge in [0.1, 0.15) is 0 Å². The lowest BCUT2D eigenvalue weighted by Crippen LogP contribution is -1.94. The second-order valence-corrected chi connectivity index (χ2v) is 12.6. The van der Waals surface area contributed by atoms with Gasteiger partial charge in [-0.2, -0.15) is 0 Å². The van der Waals surface area contributed by atoms with Gasteiger partial charge >= 0.3 is 0 Å². The van der Waals surface area contributed by atoms with Crippen molar-refractivity contribution in [2.75, 3.05) is 0 Å². The van der Waals surface area contributed by atoms with Crippen molar-refractivity contribution >= 4 is 54.4 Å². The summed E-state index contributed by atoms with van der Waals surface area (Å²) in [6, 6.07) is 66.2. The molecule has 0 saturated carbocycles. The molecule has 2 heteroatoms. The van der Waals surface area contributed by atoms with Crippen LogP contribution in [0.25, 0.3) is 88.0 Å². The Labute approximate surface area is 278 Å². The lowest BCUT2D eigenvalue weighted by molar-refractivity contribution is 1.18. The third-order valence-corrected chi connectivity index (χ3v) is 9.90. The molecule has 2 aromatic heterocycles. The Bertz CT molecular complexity index is 2820. The summed E-state index contributed by atoms with van der Waals surface area (Å²) in [6.45, 7) is 0. The summed E-state index contributed by atoms with van der Waals surface area (Å²) in [5.74, 6) is 0. The Morgan fingerprint density at radius 1 is 0.250 bits per heavy atom. The summed E-state index contributed by atoms with van der Waals surface area (Å²) >= 11 is 0. The number of nitrogens with zero attached hydrogens (tertiary/aromatic N) is 2. The molecule has 0 saturated heterocycles. The summed E-state index contributed by atoms with van der Waals surface area (Å²) < 4.78 is 4.79. The maximum absolute atomic E-state index is 2.41. The summed E-state index contributed by atoms with van der Waals surface area (Å²) in [6.07, 6.45) is 0. The van der Waals surface area contributed by atoms with Crippen molar-refractivity contribution in [1.82, 2.24) is 9.13 Å². The molecule has 0 aliphatic rings. The largest absolute Gasteiger partial charge is 0.309 e. The van der Waals surface area contributed by atoms with E-state index in [4.69, 9.17) is 0 Å². The van der Waals surface area contributed by atoms with E-state index in [9.17, 15) is 0 Å². The topological polar surface area (TPSA) is 9.86 Å². The normalized spacial score (nSPS) is 11.8. The lowest BCUT2D eigenvalue weighted by Gasteiger charge is -2.11. The van der Waals surface area contributed by atoms with Crippen molar-refractivity contribution < 1.29 is 0 Å². The molecule has 0 aliphatic carbocycles. The number of hydrogen-bond donors (Lipinski definition) is 0. The molecule has 0 amide bonds. The van der Waals surface area contributed by atoms with Gasteiger partial charge in [0.15, 0.2) is 0 Å². The molecule has 8 aromatic carbocycles. The first-order chi connectivity index (χ1) is 23.8. The molecule has 0 spiro atoms. The summed E-state index contributed by atoms with van der Waals surface area (Å²) in [4.78, 5) is 0. The second kappa shape index (κ2) is 10.6. The number of benzene rings is 8. The average Bonchev–Trinajstić information content (AvgIpc) is 3.67. The molecular formula is C46H30N2. The van der Waals surface area contributed by atoms with E-state index in [2.05, 4.69) is 191 Å². The third kappa shape index (κ3) is 4.13. The zero-order valence-corrected chi connectivity index (χ0v) is 26.2. The molecule has 10 aromatic rings. The first-order valence-electron chi connectivity index (χ1n) is 16.5. The highest BCUT2D eigenvalue weighted by atomic mass is 15.0. The fourth-order valence-corrected chi connectivity index (χ4v) is 7.60. The van der Waals surface area contributed by atoms with Gasteiger partial charge in [-0.1, -0.05) is 133 Å². The van der Waals surface area contributed by atoms with Gasteiger partial charge in [-0.05, 0) is 81.6 Å². The van der Waals surface area contributed by atoms with Gasteiger partial charge in [-0.25, -0.2) is 0 Å². The Morgan fingerprint density at radius 2 is 0.708 bits per heavy atom. The van der Waals surface area contributed by atoms with Crippen molar-refractivity contribution in [1.29, 1.82) is 0 Å². The molecule has 48 heavy (non-hydrogen) atoms. The minimum atomic E-state index is 1.17. The minimum absolute atomic E-state index is 1.17. The second-order valence-electron chi connectivity index (χ2n) is 12.6. The highest BCUT2D eigenvalue weighted by molar-refractivity contribution is 6.11. The molecular weight excluding hydrogens is 581 g/mol. The number of hydrogen-bond acceptors (Lipinski definition) is 0. The molecule has 0 bridgehead atoms. The SMILES string of the molecule is c1ccc(-n2c3ccccc3c3ccc(-c4ccc(-c5ccc6c7ccccc7n(-c7ccc8ccccc8c7)c6c5)cc4)cc32)cc1. The average molecular weight is 611 g/mol. The van der Waals surface area contributed by atoms with Crippen LogP contribution >= 0.6 is 0 Å². The van der Waals surface area contributed by atoms with Crippen LogP contribution in [0.2, 0.25) is 0 Å². The standard InChI is InChI=1S/C46H30N2/c1-2-12-37(13-3-1)47-43-16-8-6-14-39(43)41-26-23-35(29-45(41)47)32-18-20-33(21-19-32)36-24-27-42-40-15-7-9-17-44(40)48(46(42)30-36)38-25-22-31-10-4-5-11-34(31)28-38/h1-30H. The zero-order valence-electron chi connectivity index (χ0n) is 26.2. The maximum Gasteiger partial charge on any atom is 0.0547 e. The van der Waals surface area contributed by atoms with Gasteiger partial charge in [0.05, 0.1) is 22.1 Å². The predicted molar refractivity (Wildman–Crippen MR) is 203 cm³/mol. The monoisotopic (exact) mass is 610 g/mol. The van der Waals surface area contributed by atoms with E-state index in [1.807, 2.05) is 0 Å². The lowest BCUT2D eigenvalue weighted by atomic mass is 9.98. The van der Waals surface area contributed by atoms with E-state index in [1.165, 1.54) is 88.0 Å². The fraction of sp³-hybridized carbons (Fsp3) is 0. The van der Waals surface area contributed by atoms with Gasteiger partial charge in [0, 0.05) is 32.9 Å². The van der Waals surface area contributed by atoms with Crippen LogP contribution in [0.15, 0.2) is 182 Å². The van der Waals surface area contributed by atoms with Crippen molar-refractivity contribution in [3.05, 3.63) is 182 Å². The molecule has 0 aliphatic heterocycles. The molecule has 0 unspecified atom stereocenters. The predicted octanol–water partition coefficient (Wildman–Crippen LogP) is 12.4. The van der Waals surface area contributed by atoms with E-state index in [0.717, 1.165) is 0 Å². The smallest absolute Gasteiger partial charge is 0.0547 e. The van der Waals surface area contributed by atoms with Crippen molar-refractivity contribution in [3.8, 4) is 33.6 Å². The zero-order chi connectivity index (χ0) is 31.6. The molecule has 224 valence electrons. The summed E-state index contributed by atoms with van der Waals surface area (Å²) in [5.41, 5.74) is 12.1. The van der Waals surface area contributed by atoms with E-state index in [1.54, 1.807) is 0 Å². The molecule has 2 heterocycles. The number of rotatable bonds is 4. The van der Waals surface area contributed by atoms with Crippen LogP contribution in [0.5, 0.6) is 0 Å². The van der Waals surface area contributed by atoms with E-state index >= 15 is 0 Å². The quantitative estimate of drug-likeness (QED) is 0.188. The van der Waals surface area contributed by atoms with Gasteiger partial charge in [-0.15, -0.1) is 0 Å². The third-order valence-electron chi connectivity index (χ3n) is 9.90. The first kappa shape index (κ1) is 26.8. The van der Waals surface area contributed by atoms with Crippen LogP contribution < -0.4 is 0 Å². The first-order valence-corrected chi connectivity index (χ1v) is 16.5. The van der Waals surface area contributed by atoms with Gasteiger partial charge < -0.3 is 9.13 Å². The highest BCUT2D eigenvalue weighted by Gasteiger charge is 2.15. The Balaban J connectivity index is 1.08. The minimum Gasteiger partial charge on any atom is -0.309 e. The Morgan fingerprint density at radius 3 is 1.31 bits per heavy atom. The molecule has 10 rings (SSSR count). The molecule has 0 fully saturated rings. The van der Waals surface area contributed by atoms with Crippen molar-refractivity contribution in [2.24, 2.45) is 0 Å².